The fourth-order valence-electron chi connectivity index (χ4n) is 2.60. The van der Waals surface area contributed by atoms with Crippen LogP contribution in [-0.4, -0.2) is 37.3 Å². The quantitative estimate of drug-likeness (QED) is 0.757. The lowest BCUT2D eigenvalue weighted by atomic mass is 10.0. The molecule has 0 aromatic heterocycles. The van der Waals surface area contributed by atoms with Crippen molar-refractivity contribution in [2.75, 3.05) is 19.7 Å². The van der Waals surface area contributed by atoms with Crippen molar-refractivity contribution in [2.45, 2.75) is 51.2 Å². The summed E-state index contributed by atoms with van der Waals surface area (Å²) in [6.45, 7) is 6.79. The van der Waals surface area contributed by atoms with E-state index in [1.807, 2.05) is 0 Å². The fourth-order valence-corrected chi connectivity index (χ4v) is 2.60. The van der Waals surface area contributed by atoms with Gasteiger partial charge in [-0.3, -0.25) is 4.99 Å². The van der Waals surface area contributed by atoms with E-state index in [4.69, 9.17) is 4.74 Å². The lowest BCUT2D eigenvalue weighted by Gasteiger charge is -2.29. The highest BCUT2D eigenvalue weighted by Crippen LogP contribution is 2.32. The molecule has 2 rings (SSSR count). The van der Waals surface area contributed by atoms with E-state index < -0.39 is 0 Å². The number of nitrogens with zero attached hydrogens (tertiary/aromatic N) is 1. The van der Waals surface area contributed by atoms with Crippen molar-refractivity contribution in [3.8, 4) is 0 Å². The van der Waals surface area contributed by atoms with E-state index in [1.165, 1.54) is 25.7 Å². The summed E-state index contributed by atoms with van der Waals surface area (Å²) < 4.78 is 5.93. The molecule has 0 aromatic rings. The molecule has 4 heteroatoms. The minimum absolute atomic E-state index is 0.0603. The number of guanidine groups is 1. The van der Waals surface area contributed by atoms with Crippen LogP contribution in [0.4, 0.5) is 0 Å². The van der Waals surface area contributed by atoms with Gasteiger partial charge in [0.05, 0.1) is 12.1 Å². The van der Waals surface area contributed by atoms with E-state index in [9.17, 15) is 0 Å². The van der Waals surface area contributed by atoms with Gasteiger partial charge < -0.3 is 15.4 Å². The summed E-state index contributed by atoms with van der Waals surface area (Å²) in [5.74, 6) is 0.943. The standard InChI is InChI=1S/C12H23N3O/c1-3-16-12(6-4-5-7-12)9-14-11-13-8-10(2)15-11/h10H,3-9H2,1-2H3,(H2,13,14,15). The van der Waals surface area contributed by atoms with Crippen LogP contribution < -0.4 is 10.6 Å². The van der Waals surface area contributed by atoms with Gasteiger partial charge in [0.2, 0.25) is 0 Å². The first kappa shape index (κ1) is 11.7. The first-order valence-corrected chi connectivity index (χ1v) is 6.43. The van der Waals surface area contributed by atoms with E-state index in [1.54, 1.807) is 0 Å². The van der Waals surface area contributed by atoms with Gasteiger partial charge in [-0.05, 0) is 26.7 Å². The highest BCUT2D eigenvalue weighted by molar-refractivity contribution is 5.81. The Morgan fingerprint density at radius 3 is 2.81 bits per heavy atom. The van der Waals surface area contributed by atoms with Crippen LogP contribution in [-0.2, 0) is 4.74 Å². The second kappa shape index (κ2) is 5.04. The van der Waals surface area contributed by atoms with Gasteiger partial charge in [0, 0.05) is 19.2 Å². The Hall–Kier alpha value is -0.770. The summed E-state index contributed by atoms with van der Waals surface area (Å²) in [7, 11) is 0. The van der Waals surface area contributed by atoms with Gasteiger partial charge in [-0.25, -0.2) is 0 Å². The first-order chi connectivity index (χ1) is 7.74. The van der Waals surface area contributed by atoms with Crippen molar-refractivity contribution in [2.24, 2.45) is 4.99 Å². The van der Waals surface area contributed by atoms with Gasteiger partial charge >= 0.3 is 0 Å². The number of rotatable bonds is 4. The molecule has 0 spiro atoms. The molecule has 2 N–H and O–H groups in total. The Morgan fingerprint density at radius 2 is 2.25 bits per heavy atom. The zero-order valence-corrected chi connectivity index (χ0v) is 10.4. The van der Waals surface area contributed by atoms with Crippen LogP contribution >= 0.6 is 0 Å². The molecule has 0 amide bonds. The van der Waals surface area contributed by atoms with Crippen LogP contribution in [0.5, 0.6) is 0 Å². The molecule has 2 aliphatic rings. The predicted molar refractivity (Wildman–Crippen MR) is 65.7 cm³/mol. The van der Waals surface area contributed by atoms with Crippen LogP contribution in [0.3, 0.4) is 0 Å². The topological polar surface area (TPSA) is 45.6 Å². The minimum Gasteiger partial charge on any atom is -0.373 e. The SMILES string of the molecule is CCOC1(CNC2=NCC(C)N2)CCCC1. The molecule has 1 unspecified atom stereocenters. The molecule has 1 fully saturated rings. The van der Waals surface area contributed by atoms with Gasteiger partial charge in [0.1, 0.15) is 0 Å². The third-order valence-corrected chi connectivity index (χ3v) is 3.45. The first-order valence-electron chi connectivity index (χ1n) is 6.43. The maximum Gasteiger partial charge on any atom is 0.191 e. The third kappa shape index (κ3) is 2.67. The summed E-state index contributed by atoms with van der Waals surface area (Å²) in [5, 5.41) is 6.71. The monoisotopic (exact) mass is 225 g/mol. The lowest BCUT2D eigenvalue weighted by molar-refractivity contribution is -0.0298. The van der Waals surface area contributed by atoms with Crippen molar-refractivity contribution in [1.82, 2.24) is 10.6 Å². The number of hydrogen-bond donors (Lipinski definition) is 2. The van der Waals surface area contributed by atoms with E-state index in [0.717, 1.165) is 25.7 Å². The van der Waals surface area contributed by atoms with Crippen molar-refractivity contribution >= 4 is 5.96 Å². The second-order valence-electron chi connectivity index (χ2n) is 4.91. The predicted octanol–water partition coefficient (Wildman–Crippen LogP) is 1.27. The summed E-state index contributed by atoms with van der Waals surface area (Å²) in [5.41, 5.74) is 0.0603. The summed E-state index contributed by atoms with van der Waals surface area (Å²) in [6, 6.07) is 0.467. The highest BCUT2D eigenvalue weighted by Gasteiger charge is 2.34. The van der Waals surface area contributed by atoms with Gasteiger partial charge in [0.25, 0.3) is 0 Å². The van der Waals surface area contributed by atoms with Crippen LogP contribution in [0.2, 0.25) is 0 Å². The van der Waals surface area contributed by atoms with Gasteiger partial charge in [0.15, 0.2) is 5.96 Å². The van der Waals surface area contributed by atoms with Crippen LogP contribution in [0.1, 0.15) is 39.5 Å². The van der Waals surface area contributed by atoms with Crippen molar-refractivity contribution in [3.63, 3.8) is 0 Å². The molecule has 0 aromatic carbocycles. The van der Waals surface area contributed by atoms with Crippen LogP contribution in [0.15, 0.2) is 4.99 Å². The van der Waals surface area contributed by atoms with Gasteiger partial charge in [-0.15, -0.1) is 0 Å². The molecule has 0 radical (unpaired) electrons. The molecule has 92 valence electrons. The molecule has 4 nitrogen and oxygen atoms in total. The Labute approximate surface area is 97.9 Å². The summed E-state index contributed by atoms with van der Waals surface area (Å²) >= 11 is 0. The van der Waals surface area contributed by atoms with Crippen molar-refractivity contribution in [3.05, 3.63) is 0 Å². The average molecular weight is 225 g/mol. The number of aliphatic imine (C=N–C) groups is 1. The molecule has 1 saturated carbocycles. The van der Waals surface area contributed by atoms with Crippen molar-refractivity contribution < 1.29 is 4.74 Å². The maximum atomic E-state index is 5.93. The number of hydrogen-bond acceptors (Lipinski definition) is 4. The Kier molecular flexibility index (Phi) is 3.69. The molecule has 1 atom stereocenters. The average Bonchev–Trinajstić information content (AvgIpc) is 2.86. The molecular formula is C12H23N3O. The highest BCUT2D eigenvalue weighted by atomic mass is 16.5. The van der Waals surface area contributed by atoms with Crippen LogP contribution in [0, 0.1) is 0 Å². The Bertz CT molecular complexity index is 259. The number of ether oxygens (including phenoxy) is 1. The van der Waals surface area contributed by atoms with Crippen LogP contribution in [0.25, 0.3) is 0 Å². The van der Waals surface area contributed by atoms with E-state index in [0.29, 0.717) is 6.04 Å². The maximum absolute atomic E-state index is 5.93. The summed E-state index contributed by atoms with van der Waals surface area (Å²) in [4.78, 5) is 4.41. The largest absolute Gasteiger partial charge is 0.373 e. The fraction of sp³-hybridized carbons (Fsp3) is 0.917. The Balaban J connectivity index is 1.82. The molecule has 16 heavy (non-hydrogen) atoms. The molecule has 1 heterocycles. The van der Waals surface area contributed by atoms with Gasteiger partial charge in [-0.1, -0.05) is 12.8 Å². The zero-order chi connectivity index (χ0) is 11.4. The molecular weight excluding hydrogens is 202 g/mol. The lowest BCUT2D eigenvalue weighted by Crippen LogP contribution is -2.47. The smallest absolute Gasteiger partial charge is 0.191 e. The minimum atomic E-state index is 0.0603. The molecule has 1 aliphatic heterocycles. The normalized spacial score (nSPS) is 27.6. The third-order valence-electron chi connectivity index (χ3n) is 3.45. The Morgan fingerprint density at radius 1 is 1.50 bits per heavy atom. The van der Waals surface area contributed by atoms with E-state index >= 15 is 0 Å². The molecule has 0 bridgehead atoms. The zero-order valence-electron chi connectivity index (χ0n) is 10.4. The van der Waals surface area contributed by atoms with Gasteiger partial charge in [-0.2, -0.15) is 0 Å². The van der Waals surface area contributed by atoms with E-state index in [2.05, 4.69) is 29.5 Å². The molecule has 0 saturated heterocycles. The molecule has 1 aliphatic carbocycles. The summed E-state index contributed by atoms with van der Waals surface area (Å²) in [6.07, 6.45) is 4.93. The number of nitrogens with one attached hydrogen (secondary N) is 2. The van der Waals surface area contributed by atoms with E-state index in [-0.39, 0.29) is 5.60 Å². The van der Waals surface area contributed by atoms with Crippen molar-refractivity contribution in [1.29, 1.82) is 0 Å². The second-order valence-corrected chi connectivity index (χ2v) is 4.91.